The molecule has 88 valence electrons. The number of nitrogens with one attached hydrogen (secondary N) is 2. The Morgan fingerprint density at radius 3 is 2.88 bits per heavy atom. The molecule has 1 unspecified atom stereocenters. The zero-order valence-corrected chi connectivity index (χ0v) is 9.66. The molecule has 0 fully saturated rings. The number of rotatable bonds is 5. The van der Waals surface area contributed by atoms with Gasteiger partial charge in [-0.1, -0.05) is 24.3 Å². The van der Waals surface area contributed by atoms with E-state index in [-0.39, 0.29) is 18.6 Å². The molecule has 1 aromatic rings. The third-order valence-electron chi connectivity index (χ3n) is 2.48. The van der Waals surface area contributed by atoms with Gasteiger partial charge in [0.2, 0.25) is 5.91 Å². The van der Waals surface area contributed by atoms with Crippen LogP contribution in [0.4, 0.5) is 0 Å². The molecule has 0 heterocycles. The summed E-state index contributed by atoms with van der Waals surface area (Å²) in [5.74, 6) is -0.0369. The van der Waals surface area contributed by atoms with E-state index in [1.807, 2.05) is 31.2 Å². The van der Waals surface area contributed by atoms with Gasteiger partial charge in [-0.25, -0.2) is 0 Å². The summed E-state index contributed by atoms with van der Waals surface area (Å²) in [5, 5.41) is 14.7. The Hall–Kier alpha value is -1.39. The molecule has 4 nitrogen and oxygen atoms in total. The highest BCUT2D eigenvalue weighted by Gasteiger charge is 2.06. The first-order valence-electron chi connectivity index (χ1n) is 5.31. The first-order chi connectivity index (χ1) is 7.67. The predicted molar refractivity (Wildman–Crippen MR) is 62.8 cm³/mol. The zero-order valence-electron chi connectivity index (χ0n) is 9.66. The number of carbonyl (C=O) groups excluding carboxylic acids is 1. The van der Waals surface area contributed by atoms with Crippen molar-refractivity contribution in [2.75, 3.05) is 13.6 Å². The minimum absolute atomic E-state index is 0.0369. The van der Waals surface area contributed by atoms with Crippen LogP contribution in [0.1, 0.15) is 24.1 Å². The Balaban J connectivity index is 2.58. The van der Waals surface area contributed by atoms with Crippen LogP contribution in [0.2, 0.25) is 0 Å². The normalized spacial score (nSPS) is 12.2. The highest BCUT2D eigenvalue weighted by molar-refractivity contribution is 5.77. The lowest BCUT2D eigenvalue weighted by molar-refractivity contribution is -0.119. The van der Waals surface area contributed by atoms with Crippen LogP contribution in [0.3, 0.4) is 0 Å². The smallest absolute Gasteiger partial charge is 0.233 e. The predicted octanol–water partition coefficient (Wildman–Crippen LogP) is 0.575. The van der Waals surface area contributed by atoms with Crippen molar-refractivity contribution in [1.82, 2.24) is 10.6 Å². The first-order valence-corrected chi connectivity index (χ1v) is 5.31. The van der Waals surface area contributed by atoms with Crippen molar-refractivity contribution in [2.45, 2.75) is 19.6 Å². The highest BCUT2D eigenvalue weighted by Crippen LogP contribution is 2.13. The van der Waals surface area contributed by atoms with E-state index in [1.54, 1.807) is 7.05 Å². The maximum atomic E-state index is 11.1. The molecule has 16 heavy (non-hydrogen) atoms. The molecule has 0 aliphatic heterocycles. The summed E-state index contributed by atoms with van der Waals surface area (Å²) in [4.78, 5) is 11.1. The zero-order chi connectivity index (χ0) is 12.0. The van der Waals surface area contributed by atoms with Crippen LogP contribution in [-0.4, -0.2) is 24.6 Å². The summed E-state index contributed by atoms with van der Waals surface area (Å²) in [6.07, 6.45) is 0. The standard InChI is InChI=1S/C12H18N2O2/c1-9(14-7-12(16)13-2)11-5-3-4-10(6-11)8-15/h3-6,9,14-15H,7-8H2,1-2H3,(H,13,16). The Morgan fingerprint density at radius 2 is 2.25 bits per heavy atom. The molecular formula is C12H18N2O2. The summed E-state index contributed by atoms with van der Waals surface area (Å²) in [7, 11) is 1.61. The third kappa shape index (κ3) is 3.64. The number of amides is 1. The molecule has 0 aliphatic rings. The second-order valence-electron chi connectivity index (χ2n) is 3.68. The summed E-state index contributed by atoms with van der Waals surface area (Å²) in [6.45, 7) is 2.32. The van der Waals surface area contributed by atoms with E-state index in [0.29, 0.717) is 6.54 Å². The monoisotopic (exact) mass is 222 g/mol. The van der Waals surface area contributed by atoms with Crippen LogP contribution in [0.15, 0.2) is 24.3 Å². The van der Waals surface area contributed by atoms with Gasteiger partial charge in [0.25, 0.3) is 0 Å². The molecule has 0 saturated heterocycles. The highest BCUT2D eigenvalue weighted by atomic mass is 16.3. The molecule has 1 atom stereocenters. The molecule has 0 aromatic heterocycles. The molecular weight excluding hydrogens is 204 g/mol. The Bertz CT molecular complexity index is 353. The van der Waals surface area contributed by atoms with E-state index in [4.69, 9.17) is 5.11 Å². The van der Waals surface area contributed by atoms with Gasteiger partial charge in [-0.2, -0.15) is 0 Å². The number of aliphatic hydroxyl groups excluding tert-OH is 1. The number of hydrogen-bond donors (Lipinski definition) is 3. The van der Waals surface area contributed by atoms with Crippen LogP contribution in [0.25, 0.3) is 0 Å². The van der Waals surface area contributed by atoms with Crippen molar-refractivity contribution in [1.29, 1.82) is 0 Å². The van der Waals surface area contributed by atoms with Crippen LogP contribution < -0.4 is 10.6 Å². The molecule has 1 amide bonds. The van der Waals surface area contributed by atoms with Crippen molar-refractivity contribution in [3.05, 3.63) is 35.4 Å². The van der Waals surface area contributed by atoms with E-state index < -0.39 is 0 Å². The third-order valence-corrected chi connectivity index (χ3v) is 2.48. The van der Waals surface area contributed by atoms with Gasteiger partial charge < -0.3 is 15.7 Å². The average molecular weight is 222 g/mol. The molecule has 3 N–H and O–H groups in total. The average Bonchev–Trinajstić information content (AvgIpc) is 2.35. The molecule has 0 aliphatic carbocycles. The SMILES string of the molecule is CNC(=O)CNC(C)c1cccc(CO)c1. The summed E-state index contributed by atoms with van der Waals surface area (Å²) < 4.78 is 0. The summed E-state index contributed by atoms with van der Waals surface area (Å²) >= 11 is 0. The lowest BCUT2D eigenvalue weighted by Crippen LogP contribution is -2.32. The second kappa shape index (κ2) is 6.25. The Kier molecular flexibility index (Phi) is 4.95. The fraction of sp³-hybridized carbons (Fsp3) is 0.417. The number of carbonyl (C=O) groups is 1. The van der Waals surface area contributed by atoms with Crippen molar-refractivity contribution >= 4 is 5.91 Å². The maximum Gasteiger partial charge on any atom is 0.233 e. The lowest BCUT2D eigenvalue weighted by Gasteiger charge is -2.14. The van der Waals surface area contributed by atoms with Gasteiger partial charge >= 0.3 is 0 Å². The van der Waals surface area contributed by atoms with Gasteiger partial charge in [-0.05, 0) is 18.1 Å². The van der Waals surface area contributed by atoms with Gasteiger partial charge in [0.15, 0.2) is 0 Å². The van der Waals surface area contributed by atoms with Crippen LogP contribution in [-0.2, 0) is 11.4 Å². The van der Waals surface area contributed by atoms with Crippen LogP contribution in [0.5, 0.6) is 0 Å². The number of benzene rings is 1. The molecule has 0 bridgehead atoms. The van der Waals surface area contributed by atoms with Crippen LogP contribution >= 0.6 is 0 Å². The molecule has 1 aromatic carbocycles. The largest absolute Gasteiger partial charge is 0.392 e. The van der Waals surface area contributed by atoms with Gasteiger partial charge in [-0.3, -0.25) is 4.79 Å². The van der Waals surface area contributed by atoms with Crippen LogP contribution in [0, 0.1) is 0 Å². The van der Waals surface area contributed by atoms with Gasteiger partial charge in [0, 0.05) is 13.1 Å². The molecule has 0 spiro atoms. The topological polar surface area (TPSA) is 61.4 Å². The molecule has 0 saturated carbocycles. The molecule has 1 rings (SSSR count). The van der Waals surface area contributed by atoms with E-state index in [0.717, 1.165) is 11.1 Å². The van der Waals surface area contributed by atoms with Crippen molar-refractivity contribution in [2.24, 2.45) is 0 Å². The van der Waals surface area contributed by atoms with E-state index >= 15 is 0 Å². The summed E-state index contributed by atoms with van der Waals surface area (Å²) in [5.41, 5.74) is 1.95. The maximum absolute atomic E-state index is 11.1. The van der Waals surface area contributed by atoms with E-state index in [1.165, 1.54) is 0 Å². The summed E-state index contributed by atoms with van der Waals surface area (Å²) in [6, 6.07) is 7.76. The number of hydrogen-bond acceptors (Lipinski definition) is 3. The van der Waals surface area contributed by atoms with Crippen molar-refractivity contribution < 1.29 is 9.90 Å². The van der Waals surface area contributed by atoms with Crippen molar-refractivity contribution in [3.63, 3.8) is 0 Å². The fourth-order valence-electron chi connectivity index (χ4n) is 1.41. The quantitative estimate of drug-likeness (QED) is 0.683. The molecule has 4 heteroatoms. The molecule has 0 radical (unpaired) electrons. The van der Waals surface area contributed by atoms with E-state index in [2.05, 4.69) is 10.6 Å². The Morgan fingerprint density at radius 1 is 1.50 bits per heavy atom. The minimum Gasteiger partial charge on any atom is -0.392 e. The Labute approximate surface area is 95.7 Å². The van der Waals surface area contributed by atoms with E-state index in [9.17, 15) is 4.79 Å². The lowest BCUT2D eigenvalue weighted by atomic mass is 10.1. The van der Waals surface area contributed by atoms with Gasteiger partial charge in [0.1, 0.15) is 0 Å². The number of likely N-dealkylation sites (N-methyl/N-ethyl adjacent to an activating group) is 1. The minimum atomic E-state index is -0.0369. The fourth-order valence-corrected chi connectivity index (χ4v) is 1.41. The van der Waals surface area contributed by atoms with Gasteiger partial charge in [-0.15, -0.1) is 0 Å². The first kappa shape index (κ1) is 12.7. The van der Waals surface area contributed by atoms with Gasteiger partial charge in [0.05, 0.1) is 13.2 Å². The second-order valence-corrected chi connectivity index (χ2v) is 3.68. The van der Waals surface area contributed by atoms with Crippen molar-refractivity contribution in [3.8, 4) is 0 Å². The number of aliphatic hydroxyl groups is 1.